The number of fused-ring (bicyclic) bond motifs is 2. The zero-order chi connectivity index (χ0) is 29.6. The molecule has 0 unspecified atom stereocenters. The predicted octanol–water partition coefficient (Wildman–Crippen LogP) is 0.533. The second kappa shape index (κ2) is 13.1. The molecule has 19 heteroatoms. The summed E-state index contributed by atoms with van der Waals surface area (Å²) in [5, 5.41) is 11.6. The van der Waals surface area contributed by atoms with E-state index < -0.39 is 46.6 Å². The molecule has 3 aromatic heterocycles. The van der Waals surface area contributed by atoms with E-state index >= 15 is 0 Å². The summed E-state index contributed by atoms with van der Waals surface area (Å²) in [7, 11) is -4.02. The molecule has 0 saturated carbocycles. The summed E-state index contributed by atoms with van der Waals surface area (Å²) in [5.74, 6) is -1.69. The number of para-hydroxylation sites is 1. The molecule has 4 aromatic rings. The second-order valence-electron chi connectivity index (χ2n) is 8.27. The molecule has 218 valence electrons. The summed E-state index contributed by atoms with van der Waals surface area (Å²) in [4.78, 5) is 64.3. The lowest BCUT2D eigenvalue weighted by atomic mass is 10.3. The van der Waals surface area contributed by atoms with Crippen LogP contribution in [0, 0.1) is 0 Å². The van der Waals surface area contributed by atoms with Gasteiger partial charge in [0.25, 0.3) is 15.6 Å². The molecule has 0 fully saturated rings. The topological polar surface area (TPSA) is 219 Å². The first-order valence-corrected chi connectivity index (χ1v) is 15.5. The van der Waals surface area contributed by atoms with Gasteiger partial charge in [0, 0.05) is 18.8 Å². The van der Waals surface area contributed by atoms with Crippen LogP contribution in [0.15, 0.2) is 39.7 Å². The van der Waals surface area contributed by atoms with E-state index in [1.807, 2.05) is 6.26 Å². The Morgan fingerprint density at radius 3 is 2.76 bits per heavy atom. The maximum Gasteiger partial charge on any atom is 0.413 e. The van der Waals surface area contributed by atoms with Gasteiger partial charge >= 0.3 is 12.1 Å². The van der Waals surface area contributed by atoms with Crippen LogP contribution in [0.3, 0.4) is 0 Å². The number of sulfonamides is 1. The number of ether oxygens (including phenoxy) is 1. The lowest BCUT2D eigenvalue weighted by Gasteiger charge is -2.21. The van der Waals surface area contributed by atoms with Crippen LogP contribution in [-0.4, -0.2) is 99.1 Å². The Balaban J connectivity index is 1.44. The average Bonchev–Trinajstić information content (AvgIpc) is 3.53. The van der Waals surface area contributed by atoms with Gasteiger partial charge in [0.1, 0.15) is 19.7 Å². The summed E-state index contributed by atoms with van der Waals surface area (Å²) < 4.78 is 34.5. The summed E-state index contributed by atoms with van der Waals surface area (Å²) in [6.07, 6.45) is 2.17. The Morgan fingerprint density at radius 1 is 1.24 bits per heavy atom. The fourth-order valence-corrected chi connectivity index (χ4v) is 6.06. The van der Waals surface area contributed by atoms with Crippen molar-refractivity contribution in [1.29, 1.82) is 0 Å². The van der Waals surface area contributed by atoms with Gasteiger partial charge in [0.05, 0.1) is 16.5 Å². The number of aromatic nitrogens is 5. The minimum absolute atomic E-state index is 0.0478. The van der Waals surface area contributed by atoms with E-state index in [1.54, 1.807) is 24.3 Å². The standard InChI is InChI=1S/C22H24N8O8S3/c1-39-9-8-38-21(35)28-20-26-18-17(19(34)27-20)23-12-30(18)10-15(31)29(11-16(32)33)7-6-24-41(36,37)22-25-13-4-2-3-5-14(13)40-22/h2-5,12,24H,6-11H2,1H3,(H,32,33)(H2,26,27,28,34,35). The molecule has 0 saturated heterocycles. The number of carboxylic acid groups (broad SMARTS) is 1. The van der Waals surface area contributed by atoms with Crippen molar-refractivity contribution in [1.82, 2.24) is 34.1 Å². The lowest BCUT2D eigenvalue weighted by molar-refractivity contribution is -0.144. The highest BCUT2D eigenvalue weighted by atomic mass is 32.2. The zero-order valence-corrected chi connectivity index (χ0v) is 23.8. The largest absolute Gasteiger partial charge is 0.480 e. The molecule has 0 aliphatic heterocycles. The molecule has 0 atom stereocenters. The van der Waals surface area contributed by atoms with Crippen LogP contribution in [0.2, 0.25) is 0 Å². The quantitative estimate of drug-likeness (QED) is 0.150. The number of aliphatic carboxylic acids is 1. The number of amides is 2. The van der Waals surface area contributed by atoms with Gasteiger partial charge in [-0.3, -0.25) is 24.7 Å². The van der Waals surface area contributed by atoms with Crippen LogP contribution in [0.25, 0.3) is 21.4 Å². The number of aromatic amines is 1. The van der Waals surface area contributed by atoms with Crippen molar-refractivity contribution in [3.63, 3.8) is 0 Å². The number of anilines is 1. The summed E-state index contributed by atoms with van der Waals surface area (Å²) in [6, 6.07) is 6.90. The number of nitrogens with one attached hydrogen (secondary N) is 3. The van der Waals surface area contributed by atoms with E-state index in [0.29, 0.717) is 16.0 Å². The molecular weight excluding hydrogens is 600 g/mol. The number of carbonyl (C=O) groups excluding carboxylic acids is 2. The molecular formula is C22H24N8O8S3. The normalized spacial score (nSPS) is 11.5. The first-order valence-electron chi connectivity index (χ1n) is 11.8. The number of thioether (sulfide) groups is 1. The minimum atomic E-state index is -4.02. The van der Waals surface area contributed by atoms with Gasteiger partial charge in [0.2, 0.25) is 16.2 Å². The maximum atomic E-state index is 13.0. The molecule has 0 radical (unpaired) electrons. The molecule has 16 nitrogen and oxygen atoms in total. The highest BCUT2D eigenvalue weighted by molar-refractivity contribution is 7.98. The number of benzene rings is 1. The van der Waals surface area contributed by atoms with Crippen molar-refractivity contribution in [3.05, 3.63) is 40.9 Å². The Kier molecular flexibility index (Phi) is 9.53. The van der Waals surface area contributed by atoms with Crippen molar-refractivity contribution in [3.8, 4) is 0 Å². The summed E-state index contributed by atoms with van der Waals surface area (Å²) in [6.45, 7) is -1.60. The first-order chi connectivity index (χ1) is 19.6. The van der Waals surface area contributed by atoms with E-state index in [1.165, 1.54) is 22.7 Å². The molecule has 0 bridgehead atoms. The molecule has 1 aromatic carbocycles. The third kappa shape index (κ3) is 7.57. The number of carboxylic acids is 1. The second-order valence-corrected chi connectivity index (χ2v) is 12.2. The number of imidazole rings is 1. The Hall–Kier alpha value is -4.07. The lowest BCUT2D eigenvalue weighted by Crippen LogP contribution is -2.42. The number of thiazole rings is 1. The molecule has 41 heavy (non-hydrogen) atoms. The number of hydrogen-bond donors (Lipinski definition) is 4. The Labute approximate surface area is 240 Å². The van der Waals surface area contributed by atoms with E-state index in [9.17, 15) is 32.7 Å². The van der Waals surface area contributed by atoms with Crippen molar-refractivity contribution in [2.75, 3.05) is 43.6 Å². The average molecular weight is 625 g/mol. The maximum absolute atomic E-state index is 13.0. The molecule has 3 heterocycles. The number of H-pyrrole nitrogens is 1. The highest BCUT2D eigenvalue weighted by Gasteiger charge is 2.23. The Bertz CT molecular complexity index is 1720. The fraction of sp³-hybridized carbons (Fsp3) is 0.318. The van der Waals surface area contributed by atoms with E-state index in [4.69, 9.17) is 4.74 Å². The van der Waals surface area contributed by atoms with Gasteiger partial charge in [-0.15, -0.1) is 11.3 Å². The first kappa shape index (κ1) is 29.9. The molecule has 4 rings (SSSR count). The van der Waals surface area contributed by atoms with Crippen molar-refractivity contribution in [2.45, 2.75) is 10.9 Å². The molecule has 0 spiro atoms. The molecule has 2 amide bonds. The molecule has 0 aliphatic carbocycles. The molecule has 4 N–H and O–H groups in total. The van der Waals surface area contributed by atoms with Crippen molar-refractivity contribution in [2.24, 2.45) is 0 Å². The van der Waals surface area contributed by atoms with E-state index in [2.05, 4.69) is 30.0 Å². The van der Waals surface area contributed by atoms with Crippen molar-refractivity contribution < 1.29 is 32.6 Å². The zero-order valence-electron chi connectivity index (χ0n) is 21.4. The van der Waals surface area contributed by atoms with Crippen LogP contribution in [-0.2, 0) is 30.9 Å². The van der Waals surface area contributed by atoms with Crippen LogP contribution in [0.1, 0.15) is 0 Å². The summed E-state index contributed by atoms with van der Waals surface area (Å²) in [5.41, 5.74) is -0.334. The third-order valence-electron chi connectivity index (χ3n) is 5.38. The Morgan fingerprint density at radius 2 is 2.02 bits per heavy atom. The van der Waals surface area contributed by atoms with Gasteiger partial charge in [0.15, 0.2) is 11.2 Å². The number of rotatable bonds is 13. The van der Waals surface area contributed by atoms with E-state index in [-0.39, 0.29) is 41.1 Å². The monoisotopic (exact) mass is 624 g/mol. The van der Waals surface area contributed by atoms with Crippen LogP contribution >= 0.6 is 23.1 Å². The smallest absolute Gasteiger partial charge is 0.413 e. The van der Waals surface area contributed by atoms with Crippen molar-refractivity contribution >= 4 is 78.4 Å². The van der Waals surface area contributed by atoms with Gasteiger partial charge < -0.3 is 19.3 Å². The number of nitrogens with zero attached hydrogens (tertiary/aromatic N) is 5. The SMILES string of the molecule is CSCCOC(=O)Nc1nc2c(ncn2CC(=O)N(CCNS(=O)(=O)c2nc3ccccc3s2)CC(=O)O)c(=O)[nH]1. The van der Waals surface area contributed by atoms with Gasteiger partial charge in [-0.2, -0.15) is 16.7 Å². The van der Waals surface area contributed by atoms with Crippen LogP contribution < -0.4 is 15.6 Å². The van der Waals surface area contributed by atoms with Gasteiger partial charge in [-0.1, -0.05) is 12.1 Å². The van der Waals surface area contributed by atoms with Crippen LogP contribution in [0.4, 0.5) is 10.7 Å². The fourth-order valence-electron chi connectivity index (χ4n) is 3.52. The number of carbonyl (C=O) groups is 3. The van der Waals surface area contributed by atoms with Gasteiger partial charge in [-0.25, -0.2) is 27.9 Å². The summed E-state index contributed by atoms with van der Waals surface area (Å²) >= 11 is 2.45. The number of hydrogen-bond acceptors (Lipinski definition) is 12. The molecule has 0 aliphatic rings. The van der Waals surface area contributed by atoms with E-state index in [0.717, 1.165) is 16.2 Å². The third-order valence-corrected chi connectivity index (χ3v) is 8.83. The van der Waals surface area contributed by atoms with Gasteiger partial charge in [-0.05, 0) is 18.4 Å². The predicted molar refractivity (Wildman–Crippen MR) is 151 cm³/mol. The minimum Gasteiger partial charge on any atom is -0.480 e. The van der Waals surface area contributed by atoms with Crippen LogP contribution in [0.5, 0.6) is 0 Å². The highest BCUT2D eigenvalue weighted by Crippen LogP contribution is 2.24.